The van der Waals surface area contributed by atoms with Crippen LogP contribution in [-0.4, -0.2) is 16.1 Å². The molecule has 0 saturated heterocycles. The molecule has 2 rings (SSSR count). The first-order valence-electron chi connectivity index (χ1n) is 4.17. The monoisotopic (exact) mass is 303 g/mol. The van der Waals surface area contributed by atoms with Gasteiger partial charge in [0.1, 0.15) is 11.0 Å². The smallest absolute Gasteiger partial charge is 0.336 e. The number of carboxylic acids is 1. The number of aromatic carboxylic acids is 1. The molecule has 0 atom stereocenters. The summed E-state index contributed by atoms with van der Waals surface area (Å²) in [6, 6.07) is 3.52. The predicted molar refractivity (Wildman–Crippen MR) is 61.4 cm³/mol. The molecule has 0 saturated carbocycles. The number of nitrogens with zero attached hydrogens (tertiary/aromatic N) is 1. The number of hydrogen-bond donors (Lipinski definition) is 1. The van der Waals surface area contributed by atoms with E-state index in [4.69, 9.17) is 16.7 Å². The van der Waals surface area contributed by atoms with Crippen molar-refractivity contribution < 1.29 is 14.3 Å². The van der Waals surface area contributed by atoms with Gasteiger partial charge in [-0.05, 0) is 34.1 Å². The molecule has 0 aliphatic carbocycles. The maximum atomic E-state index is 13.2. The molecule has 16 heavy (non-hydrogen) atoms. The van der Waals surface area contributed by atoms with Crippen LogP contribution in [0.5, 0.6) is 0 Å². The molecule has 2 aromatic rings. The molecule has 0 amide bonds. The quantitative estimate of drug-likeness (QED) is 0.821. The van der Waals surface area contributed by atoms with Gasteiger partial charge < -0.3 is 5.11 Å². The van der Waals surface area contributed by atoms with Crippen molar-refractivity contribution in [1.82, 2.24) is 4.98 Å². The maximum absolute atomic E-state index is 13.2. The summed E-state index contributed by atoms with van der Waals surface area (Å²) in [6.45, 7) is 0. The number of benzene rings is 1. The molecule has 1 aromatic heterocycles. The fourth-order valence-electron chi connectivity index (χ4n) is 1.40. The van der Waals surface area contributed by atoms with Crippen LogP contribution < -0.4 is 0 Å². The number of rotatable bonds is 1. The Morgan fingerprint density at radius 1 is 1.44 bits per heavy atom. The normalized spacial score (nSPS) is 10.7. The maximum Gasteiger partial charge on any atom is 0.336 e. The standard InChI is InChI=1S/C10H4BrClFNO2/c11-7-2-4(13)1-5-6(10(15)16)3-8(12)14-9(5)7/h1-3H,(H,15,16). The fraction of sp³-hybridized carbons (Fsp3) is 0. The highest BCUT2D eigenvalue weighted by molar-refractivity contribution is 9.10. The van der Waals surface area contributed by atoms with Crippen LogP contribution in [0.4, 0.5) is 4.39 Å². The molecule has 1 heterocycles. The highest BCUT2D eigenvalue weighted by Gasteiger charge is 2.14. The Morgan fingerprint density at radius 3 is 2.75 bits per heavy atom. The van der Waals surface area contributed by atoms with Gasteiger partial charge in [0.2, 0.25) is 0 Å². The van der Waals surface area contributed by atoms with Gasteiger partial charge >= 0.3 is 5.97 Å². The molecule has 0 aliphatic rings. The summed E-state index contributed by atoms with van der Waals surface area (Å²) in [5, 5.41) is 9.23. The number of fused-ring (bicyclic) bond motifs is 1. The van der Waals surface area contributed by atoms with E-state index >= 15 is 0 Å². The number of pyridine rings is 1. The lowest BCUT2D eigenvalue weighted by atomic mass is 10.1. The Bertz CT molecular complexity index is 603. The van der Waals surface area contributed by atoms with Crippen LogP contribution in [0.3, 0.4) is 0 Å². The second kappa shape index (κ2) is 3.99. The molecule has 6 heteroatoms. The van der Waals surface area contributed by atoms with Crippen LogP contribution >= 0.6 is 27.5 Å². The molecule has 0 aliphatic heterocycles. The second-order valence-electron chi connectivity index (χ2n) is 3.08. The minimum atomic E-state index is -1.17. The van der Waals surface area contributed by atoms with Crippen molar-refractivity contribution in [1.29, 1.82) is 0 Å². The van der Waals surface area contributed by atoms with Crippen molar-refractivity contribution >= 4 is 44.4 Å². The zero-order valence-corrected chi connectivity index (χ0v) is 10.0. The van der Waals surface area contributed by atoms with Gasteiger partial charge in [-0.15, -0.1) is 0 Å². The molecule has 82 valence electrons. The average molecular weight is 305 g/mol. The molecule has 0 radical (unpaired) electrons. The Balaban J connectivity index is 2.95. The Hall–Kier alpha value is -1.20. The van der Waals surface area contributed by atoms with E-state index < -0.39 is 11.8 Å². The SMILES string of the molecule is O=C(O)c1cc(Cl)nc2c(Br)cc(F)cc12. The van der Waals surface area contributed by atoms with Gasteiger partial charge in [-0.1, -0.05) is 11.6 Å². The van der Waals surface area contributed by atoms with E-state index in [1.54, 1.807) is 0 Å². The van der Waals surface area contributed by atoms with Crippen molar-refractivity contribution in [2.75, 3.05) is 0 Å². The second-order valence-corrected chi connectivity index (χ2v) is 4.32. The van der Waals surface area contributed by atoms with Gasteiger partial charge in [0.15, 0.2) is 0 Å². The van der Waals surface area contributed by atoms with E-state index in [2.05, 4.69) is 20.9 Å². The molecule has 1 N–H and O–H groups in total. The van der Waals surface area contributed by atoms with Gasteiger partial charge in [0.25, 0.3) is 0 Å². The fourth-order valence-corrected chi connectivity index (χ4v) is 2.11. The lowest BCUT2D eigenvalue weighted by Gasteiger charge is -2.05. The summed E-state index contributed by atoms with van der Waals surface area (Å²) in [5.74, 6) is -1.71. The van der Waals surface area contributed by atoms with Crippen molar-refractivity contribution in [3.63, 3.8) is 0 Å². The third-order valence-electron chi connectivity index (χ3n) is 2.03. The molecule has 0 fully saturated rings. The van der Waals surface area contributed by atoms with Gasteiger partial charge in [0, 0.05) is 9.86 Å². The first-order chi connectivity index (χ1) is 7.49. The molecule has 0 unspecified atom stereocenters. The van der Waals surface area contributed by atoms with Gasteiger partial charge in [-0.25, -0.2) is 14.2 Å². The number of aromatic nitrogens is 1. The minimum Gasteiger partial charge on any atom is -0.478 e. The third-order valence-corrected chi connectivity index (χ3v) is 2.83. The number of hydrogen-bond acceptors (Lipinski definition) is 2. The summed E-state index contributed by atoms with van der Waals surface area (Å²) in [5.41, 5.74) is 0.251. The molecular formula is C10H4BrClFNO2. The van der Waals surface area contributed by atoms with Crippen LogP contribution in [0.2, 0.25) is 5.15 Å². The van der Waals surface area contributed by atoms with E-state index in [0.29, 0.717) is 9.99 Å². The zero-order chi connectivity index (χ0) is 11.9. The van der Waals surface area contributed by atoms with Crippen LogP contribution in [-0.2, 0) is 0 Å². The molecule has 0 spiro atoms. The van der Waals surface area contributed by atoms with Crippen molar-refractivity contribution in [3.8, 4) is 0 Å². The summed E-state index contributed by atoms with van der Waals surface area (Å²) in [7, 11) is 0. The van der Waals surface area contributed by atoms with E-state index in [-0.39, 0.29) is 16.1 Å². The van der Waals surface area contributed by atoms with E-state index in [0.717, 1.165) is 6.07 Å². The van der Waals surface area contributed by atoms with Crippen LogP contribution in [0.1, 0.15) is 10.4 Å². The Labute approximate surface area is 103 Å². The Morgan fingerprint density at radius 2 is 2.12 bits per heavy atom. The molecule has 0 bridgehead atoms. The summed E-state index contributed by atoms with van der Waals surface area (Å²) >= 11 is 8.80. The number of carboxylic acid groups (broad SMARTS) is 1. The third kappa shape index (κ3) is 1.88. The number of halogens is 3. The van der Waals surface area contributed by atoms with E-state index in [9.17, 15) is 9.18 Å². The summed E-state index contributed by atoms with van der Waals surface area (Å²) in [6.07, 6.45) is 0. The van der Waals surface area contributed by atoms with Gasteiger partial charge in [0.05, 0.1) is 11.1 Å². The van der Waals surface area contributed by atoms with Crippen LogP contribution in [0.15, 0.2) is 22.7 Å². The minimum absolute atomic E-state index is 0.0530. The molecular weight excluding hydrogens is 300 g/mol. The number of carbonyl (C=O) groups is 1. The first-order valence-corrected chi connectivity index (χ1v) is 5.34. The lowest BCUT2D eigenvalue weighted by Crippen LogP contribution is -1.99. The summed E-state index contributed by atoms with van der Waals surface area (Å²) in [4.78, 5) is 14.9. The van der Waals surface area contributed by atoms with Crippen molar-refractivity contribution in [3.05, 3.63) is 39.2 Å². The average Bonchev–Trinajstić information content (AvgIpc) is 2.18. The van der Waals surface area contributed by atoms with E-state index in [1.807, 2.05) is 0 Å². The predicted octanol–water partition coefficient (Wildman–Crippen LogP) is 3.49. The highest BCUT2D eigenvalue weighted by Crippen LogP contribution is 2.28. The van der Waals surface area contributed by atoms with Crippen LogP contribution in [0.25, 0.3) is 10.9 Å². The van der Waals surface area contributed by atoms with Crippen molar-refractivity contribution in [2.45, 2.75) is 0 Å². The zero-order valence-electron chi connectivity index (χ0n) is 7.67. The highest BCUT2D eigenvalue weighted by atomic mass is 79.9. The lowest BCUT2D eigenvalue weighted by molar-refractivity contribution is 0.0699. The van der Waals surface area contributed by atoms with Crippen LogP contribution in [0, 0.1) is 5.82 Å². The topological polar surface area (TPSA) is 50.2 Å². The van der Waals surface area contributed by atoms with Gasteiger partial charge in [-0.3, -0.25) is 0 Å². The van der Waals surface area contributed by atoms with E-state index in [1.165, 1.54) is 12.1 Å². The Kier molecular flexibility index (Phi) is 2.82. The first kappa shape index (κ1) is 11.3. The molecule has 1 aromatic carbocycles. The largest absolute Gasteiger partial charge is 0.478 e. The van der Waals surface area contributed by atoms with Crippen molar-refractivity contribution in [2.24, 2.45) is 0 Å². The molecule has 3 nitrogen and oxygen atoms in total. The summed E-state index contributed by atoms with van der Waals surface area (Å²) < 4.78 is 13.5. The van der Waals surface area contributed by atoms with Gasteiger partial charge in [-0.2, -0.15) is 0 Å².